The van der Waals surface area contributed by atoms with Crippen LogP contribution >= 0.6 is 0 Å². The van der Waals surface area contributed by atoms with E-state index in [9.17, 15) is 18.4 Å². The molecule has 0 aliphatic heterocycles. The monoisotopic (exact) mass is 290 g/mol. The molecule has 0 saturated carbocycles. The Hall–Kier alpha value is -2.76. The van der Waals surface area contributed by atoms with Gasteiger partial charge in [-0.25, -0.2) is 8.78 Å². The first-order valence-electron chi connectivity index (χ1n) is 6.08. The minimum atomic E-state index is -1.05. The molecule has 0 saturated heterocycles. The highest BCUT2D eigenvalue weighted by molar-refractivity contribution is 6.44. The molecule has 1 N–H and O–H groups in total. The molecule has 0 aliphatic carbocycles. The predicted molar refractivity (Wildman–Crippen MR) is 74.8 cm³/mol. The largest absolute Gasteiger partial charge is 0.316 e. The molecule has 0 unspecified atom stereocenters. The minimum Gasteiger partial charge on any atom is -0.315 e. The predicted octanol–water partition coefficient (Wildman–Crippen LogP) is 2.57. The molecule has 4 nitrogen and oxygen atoms in total. The Kier molecular flexibility index (Phi) is 4.27. The highest BCUT2D eigenvalue weighted by Crippen LogP contribution is 2.16. The number of nitrogens with zero attached hydrogens (tertiary/aromatic N) is 1. The van der Waals surface area contributed by atoms with Gasteiger partial charge in [-0.05, 0) is 24.3 Å². The highest BCUT2D eigenvalue weighted by Gasteiger charge is 2.21. The second-order valence-corrected chi connectivity index (χ2v) is 4.28. The SMILES string of the molecule is CN(C(=O)C(=O)Nc1cc(F)ccc1F)c1ccccc1. The van der Waals surface area contributed by atoms with E-state index in [2.05, 4.69) is 5.32 Å². The number of hydrogen-bond acceptors (Lipinski definition) is 2. The van der Waals surface area contributed by atoms with Crippen molar-refractivity contribution in [3.63, 3.8) is 0 Å². The van der Waals surface area contributed by atoms with Crippen molar-refractivity contribution in [3.8, 4) is 0 Å². The van der Waals surface area contributed by atoms with Gasteiger partial charge in [-0.1, -0.05) is 18.2 Å². The summed E-state index contributed by atoms with van der Waals surface area (Å²) in [7, 11) is 1.42. The first-order chi connectivity index (χ1) is 9.99. The lowest BCUT2D eigenvalue weighted by Crippen LogP contribution is -2.37. The van der Waals surface area contributed by atoms with E-state index in [0.29, 0.717) is 5.69 Å². The Labute approximate surface area is 120 Å². The number of nitrogens with one attached hydrogen (secondary N) is 1. The second-order valence-electron chi connectivity index (χ2n) is 4.28. The zero-order valence-electron chi connectivity index (χ0n) is 11.1. The topological polar surface area (TPSA) is 49.4 Å². The summed E-state index contributed by atoms with van der Waals surface area (Å²) in [6.07, 6.45) is 0. The summed E-state index contributed by atoms with van der Waals surface area (Å²) < 4.78 is 26.4. The van der Waals surface area contributed by atoms with Gasteiger partial charge in [0.2, 0.25) is 0 Å². The molecule has 21 heavy (non-hydrogen) atoms. The van der Waals surface area contributed by atoms with Crippen LogP contribution in [0.5, 0.6) is 0 Å². The third-order valence-electron chi connectivity index (χ3n) is 2.82. The first kappa shape index (κ1) is 14.6. The summed E-state index contributed by atoms with van der Waals surface area (Å²) in [5.41, 5.74) is 0.132. The summed E-state index contributed by atoms with van der Waals surface area (Å²) in [4.78, 5) is 24.9. The maximum Gasteiger partial charge on any atom is 0.316 e. The number of rotatable bonds is 2. The molecule has 0 spiro atoms. The molecule has 108 valence electrons. The number of halogens is 2. The van der Waals surface area contributed by atoms with Crippen LogP contribution in [0.4, 0.5) is 20.2 Å². The second kappa shape index (κ2) is 6.13. The maximum absolute atomic E-state index is 13.4. The van der Waals surface area contributed by atoms with Crippen LogP contribution in [0, 0.1) is 11.6 Å². The van der Waals surface area contributed by atoms with Crippen LogP contribution in [-0.4, -0.2) is 18.9 Å². The van der Waals surface area contributed by atoms with Crippen LogP contribution in [0.25, 0.3) is 0 Å². The molecule has 0 fully saturated rings. The van der Waals surface area contributed by atoms with Crippen LogP contribution in [-0.2, 0) is 9.59 Å². The number of likely N-dealkylation sites (N-methyl/N-ethyl adjacent to an activating group) is 1. The van der Waals surface area contributed by atoms with Gasteiger partial charge in [-0.3, -0.25) is 9.59 Å². The van der Waals surface area contributed by atoms with Gasteiger partial charge < -0.3 is 10.2 Å². The lowest BCUT2D eigenvalue weighted by molar-refractivity contribution is -0.134. The number of carbonyl (C=O) groups is 2. The van der Waals surface area contributed by atoms with Crippen molar-refractivity contribution in [2.24, 2.45) is 0 Å². The Bertz CT molecular complexity index is 675. The molecule has 0 bridgehead atoms. The van der Waals surface area contributed by atoms with E-state index < -0.39 is 23.4 Å². The Morgan fingerprint density at radius 1 is 1.05 bits per heavy atom. The Morgan fingerprint density at radius 3 is 2.38 bits per heavy atom. The van der Waals surface area contributed by atoms with Crippen LogP contribution in [0.2, 0.25) is 0 Å². The van der Waals surface area contributed by atoms with Crippen molar-refractivity contribution in [3.05, 3.63) is 60.2 Å². The van der Waals surface area contributed by atoms with Crippen molar-refractivity contribution in [1.82, 2.24) is 0 Å². The highest BCUT2D eigenvalue weighted by atomic mass is 19.1. The van der Waals surface area contributed by atoms with E-state index in [4.69, 9.17) is 0 Å². The van der Waals surface area contributed by atoms with E-state index >= 15 is 0 Å². The van der Waals surface area contributed by atoms with Gasteiger partial charge in [0.25, 0.3) is 0 Å². The fourth-order valence-electron chi connectivity index (χ4n) is 1.69. The zero-order valence-corrected chi connectivity index (χ0v) is 11.1. The third-order valence-corrected chi connectivity index (χ3v) is 2.82. The molecule has 0 aromatic heterocycles. The van der Waals surface area contributed by atoms with Crippen molar-refractivity contribution < 1.29 is 18.4 Å². The van der Waals surface area contributed by atoms with E-state index in [1.165, 1.54) is 7.05 Å². The Morgan fingerprint density at radius 2 is 1.71 bits per heavy atom. The van der Waals surface area contributed by atoms with Crippen LogP contribution < -0.4 is 10.2 Å². The maximum atomic E-state index is 13.4. The number of para-hydroxylation sites is 1. The molecule has 0 aliphatic rings. The van der Waals surface area contributed by atoms with E-state index in [1.807, 2.05) is 0 Å². The van der Waals surface area contributed by atoms with Gasteiger partial charge in [0.15, 0.2) is 0 Å². The summed E-state index contributed by atoms with van der Waals surface area (Å²) in [6, 6.07) is 11.1. The van der Waals surface area contributed by atoms with Crippen molar-refractivity contribution in [1.29, 1.82) is 0 Å². The van der Waals surface area contributed by atoms with Crippen molar-refractivity contribution in [2.75, 3.05) is 17.3 Å². The number of carbonyl (C=O) groups excluding carboxylic acids is 2. The van der Waals surface area contributed by atoms with Gasteiger partial charge >= 0.3 is 11.8 Å². The van der Waals surface area contributed by atoms with Gasteiger partial charge in [0, 0.05) is 18.8 Å². The minimum absolute atomic E-state index is 0.380. The number of amides is 2. The van der Waals surface area contributed by atoms with E-state index in [-0.39, 0.29) is 5.69 Å². The molecule has 2 aromatic carbocycles. The van der Waals surface area contributed by atoms with E-state index in [1.54, 1.807) is 30.3 Å². The third kappa shape index (κ3) is 3.42. The number of benzene rings is 2. The molecule has 0 heterocycles. The fourth-order valence-corrected chi connectivity index (χ4v) is 1.69. The first-order valence-corrected chi connectivity index (χ1v) is 6.08. The molecule has 0 radical (unpaired) electrons. The number of hydrogen-bond donors (Lipinski definition) is 1. The average Bonchev–Trinajstić information content (AvgIpc) is 2.50. The lowest BCUT2D eigenvalue weighted by Gasteiger charge is -2.16. The van der Waals surface area contributed by atoms with E-state index in [0.717, 1.165) is 23.1 Å². The van der Waals surface area contributed by atoms with Crippen molar-refractivity contribution in [2.45, 2.75) is 0 Å². The summed E-state index contributed by atoms with van der Waals surface area (Å²) in [5.74, 6) is -3.47. The zero-order chi connectivity index (χ0) is 15.4. The smallest absolute Gasteiger partial charge is 0.315 e. The normalized spacial score (nSPS) is 10.0. The van der Waals surface area contributed by atoms with Gasteiger partial charge in [0.05, 0.1) is 5.69 Å². The van der Waals surface area contributed by atoms with Crippen LogP contribution in [0.1, 0.15) is 0 Å². The van der Waals surface area contributed by atoms with Gasteiger partial charge in [-0.2, -0.15) is 0 Å². The van der Waals surface area contributed by atoms with Crippen molar-refractivity contribution >= 4 is 23.2 Å². The Balaban J connectivity index is 2.13. The summed E-state index contributed by atoms with van der Waals surface area (Å²) in [5, 5.41) is 2.06. The number of anilines is 2. The molecule has 2 rings (SSSR count). The van der Waals surface area contributed by atoms with Gasteiger partial charge in [0.1, 0.15) is 11.6 Å². The van der Waals surface area contributed by atoms with Crippen LogP contribution in [0.3, 0.4) is 0 Å². The molecular formula is C15H12F2N2O2. The fraction of sp³-hybridized carbons (Fsp3) is 0.0667. The summed E-state index contributed by atoms with van der Waals surface area (Å²) >= 11 is 0. The van der Waals surface area contributed by atoms with Gasteiger partial charge in [-0.15, -0.1) is 0 Å². The molecule has 0 atom stereocenters. The standard InChI is InChI=1S/C15H12F2N2O2/c1-19(11-5-3-2-4-6-11)15(21)14(20)18-13-9-10(16)7-8-12(13)17/h2-9H,1H3,(H,18,20). The molecule has 2 amide bonds. The molecule has 2 aromatic rings. The summed E-state index contributed by atoms with van der Waals surface area (Å²) in [6.45, 7) is 0. The molecular weight excluding hydrogens is 278 g/mol. The quantitative estimate of drug-likeness (QED) is 0.864. The lowest BCUT2D eigenvalue weighted by atomic mass is 10.2. The molecule has 6 heteroatoms. The van der Waals surface area contributed by atoms with Crippen LogP contribution in [0.15, 0.2) is 48.5 Å². The average molecular weight is 290 g/mol.